The molecule has 1 unspecified atom stereocenters. The first-order valence-electron chi connectivity index (χ1n) is 7.54. The van der Waals surface area contributed by atoms with Gasteiger partial charge in [0.25, 0.3) is 0 Å². The monoisotopic (exact) mass is 313 g/mol. The van der Waals surface area contributed by atoms with Gasteiger partial charge in [-0.2, -0.15) is 0 Å². The molecule has 0 bridgehead atoms. The quantitative estimate of drug-likeness (QED) is 0.889. The maximum absolute atomic E-state index is 11.0. The Kier molecular flexibility index (Phi) is 4.38. The maximum atomic E-state index is 11.0. The van der Waals surface area contributed by atoms with Gasteiger partial charge in [0.2, 0.25) is 0 Å². The molecule has 1 saturated heterocycles. The minimum Gasteiger partial charge on any atom is -0.410 e. The smallest absolute Gasteiger partial charge is 0.409 e. The molecule has 2 aromatic rings. The lowest BCUT2D eigenvalue weighted by atomic mass is 10.1. The van der Waals surface area contributed by atoms with Crippen LogP contribution < -0.4 is 21.1 Å². The summed E-state index contributed by atoms with van der Waals surface area (Å²) in [6.07, 6.45) is 1.24. The number of para-hydroxylation sites is 1. The molecular formula is C16H19N5O2. The largest absolute Gasteiger partial charge is 0.410 e. The molecule has 0 saturated carbocycles. The van der Waals surface area contributed by atoms with Crippen LogP contribution in [-0.2, 0) is 0 Å². The highest BCUT2D eigenvalue weighted by atomic mass is 16.5. The normalized spacial score (nSPS) is 17.8. The van der Waals surface area contributed by atoms with Gasteiger partial charge in [0.05, 0.1) is 5.69 Å². The average Bonchev–Trinajstić information content (AvgIpc) is 2.55. The Morgan fingerprint density at radius 1 is 1.22 bits per heavy atom. The summed E-state index contributed by atoms with van der Waals surface area (Å²) in [6, 6.07) is 11.0. The highest BCUT2D eigenvalue weighted by molar-refractivity contribution is 5.74. The number of rotatable bonds is 3. The van der Waals surface area contributed by atoms with Crippen molar-refractivity contribution in [2.75, 3.05) is 18.0 Å². The van der Waals surface area contributed by atoms with Crippen molar-refractivity contribution in [3.8, 4) is 17.0 Å². The first-order valence-corrected chi connectivity index (χ1v) is 7.54. The van der Waals surface area contributed by atoms with Crippen LogP contribution in [-0.4, -0.2) is 35.4 Å². The topological polar surface area (TPSA) is 107 Å². The number of carbonyl (C=O) groups excluding carboxylic acids is 1. The van der Waals surface area contributed by atoms with Crippen molar-refractivity contribution in [1.82, 2.24) is 10.2 Å². The third-order valence-electron chi connectivity index (χ3n) is 3.81. The Bertz CT molecular complexity index is 689. The lowest BCUT2D eigenvalue weighted by Gasteiger charge is -2.31. The highest BCUT2D eigenvalue weighted by Gasteiger charge is 2.18. The summed E-state index contributed by atoms with van der Waals surface area (Å²) >= 11 is 0. The van der Waals surface area contributed by atoms with Crippen molar-refractivity contribution in [2.45, 2.75) is 18.9 Å². The van der Waals surface area contributed by atoms with Crippen LogP contribution in [0.2, 0.25) is 0 Å². The number of nitrogens with zero attached hydrogens (tertiary/aromatic N) is 3. The lowest BCUT2D eigenvalue weighted by molar-refractivity contribution is 0.211. The number of hydrogen-bond donors (Lipinski definition) is 2. The second-order valence-electron chi connectivity index (χ2n) is 5.54. The zero-order valence-electron chi connectivity index (χ0n) is 12.7. The van der Waals surface area contributed by atoms with E-state index in [1.165, 1.54) is 0 Å². The number of aromatic nitrogens is 2. The second-order valence-corrected chi connectivity index (χ2v) is 5.54. The Balaban J connectivity index is 1.84. The molecule has 1 aromatic heterocycles. The molecule has 0 spiro atoms. The zero-order valence-corrected chi connectivity index (χ0v) is 12.7. The van der Waals surface area contributed by atoms with Gasteiger partial charge in [-0.1, -0.05) is 12.1 Å². The van der Waals surface area contributed by atoms with Crippen LogP contribution in [0.5, 0.6) is 5.75 Å². The van der Waals surface area contributed by atoms with Gasteiger partial charge in [-0.05, 0) is 37.1 Å². The zero-order chi connectivity index (χ0) is 16.2. The molecule has 1 aliphatic rings. The molecule has 0 aliphatic carbocycles. The highest BCUT2D eigenvalue weighted by Crippen LogP contribution is 2.29. The van der Waals surface area contributed by atoms with E-state index >= 15 is 0 Å². The molecule has 1 fully saturated rings. The summed E-state index contributed by atoms with van der Waals surface area (Å²) in [7, 11) is 0. The number of anilines is 1. The maximum Gasteiger partial charge on any atom is 0.409 e. The van der Waals surface area contributed by atoms with Gasteiger partial charge in [0.15, 0.2) is 5.82 Å². The fourth-order valence-electron chi connectivity index (χ4n) is 2.73. The van der Waals surface area contributed by atoms with Gasteiger partial charge in [-0.15, -0.1) is 10.2 Å². The van der Waals surface area contributed by atoms with E-state index in [0.717, 1.165) is 31.7 Å². The fraction of sp³-hybridized carbons (Fsp3) is 0.312. The molecule has 4 N–H and O–H groups in total. The number of carbonyl (C=O) groups is 1. The lowest BCUT2D eigenvalue weighted by Crippen LogP contribution is -2.43. The van der Waals surface area contributed by atoms with Crippen LogP contribution in [0.25, 0.3) is 11.3 Å². The second kappa shape index (κ2) is 6.62. The van der Waals surface area contributed by atoms with E-state index in [1.807, 2.05) is 18.2 Å². The third-order valence-corrected chi connectivity index (χ3v) is 3.81. The van der Waals surface area contributed by atoms with Crippen molar-refractivity contribution in [3.63, 3.8) is 0 Å². The van der Waals surface area contributed by atoms with Crippen LogP contribution in [0.1, 0.15) is 12.8 Å². The van der Waals surface area contributed by atoms with Crippen molar-refractivity contribution in [3.05, 3.63) is 36.4 Å². The first kappa shape index (κ1) is 15.2. The van der Waals surface area contributed by atoms with E-state index in [-0.39, 0.29) is 6.04 Å². The Morgan fingerprint density at radius 2 is 2.04 bits per heavy atom. The van der Waals surface area contributed by atoms with Gasteiger partial charge < -0.3 is 21.1 Å². The number of piperidine rings is 1. The van der Waals surface area contributed by atoms with E-state index in [1.54, 1.807) is 18.2 Å². The molecule has 23 heavy (non-hydrogen) atoms. The summed E-state index contributed by atoms with van der Waals surface area (Å²) in [6.45, 7) is 1.72. The van der Waals surface area contributed by atoms with Crippen LogP contribution in [0.15, 0.2) is 36.4 Å². The van der Waals surface area contributed by atoms with Gasteiger partial charge in [0, 0.05) is 24.7 Å². The molecule has 120 valence electrons. The molecule has 1 amide bonds. The van der Waals surface area contributed by atoms with Crippen LogP contribution in [0, 0.1) is 0 Å². The molecule has 7 nitrogen and oxygen atoms in total. The summed E-state index contributed by atoms with van der Waals surface area (Å²) in [5.74, 6) is 1.17. The Hall–Kier alpha value is -2.67. The SMILES string of the molecule is NC(=O)Oc1ccccc1-c1ccc(N2CCCC(N)C2)nn1. The average molecular weight is 313 g/mol. The Morgan fingerprint density at radius 3 is 2.74 bits per heavy atom. The molecule has 1 atom stereocenters. The minimum atomic E-state index is -0.857. The first-order chi connectivity index (χ1) is 11.1. The minimum absolute atomic E-state index is 0.176. The van der Waals surface area contributed by atoms with E-state index in [9.17, 15) is 4.79 Å². The summed E-state index contributed by atoms with van der Waals surface area (Å²) < 4.78 is 5.00. The number of ether oxygens (including phenoxy) is 1. The van der Waals surface area contributed by atoms with Gasteiger partial charge in [0.1, 0.15) is 5.75 Å². The number of primary amides is 1. The van der Waals surface area contributed by atoms with E-state index in [2.05, 4.69) is 15.1 Å². The van der Waals surface area contributed by atoms with Gasteiger partial charge in [-0.25, -0.2) is 4.79 Å². The predicted molar refractivity (Wildman–Crippen MR) is 87.1 cm³/mol. The molecular weight excluding hydrogens is 294 g/mol. The van der Waals surface area contributed by atoms with Crippen LogP contribution in [0.3, 0.4) is 0 Å². The molecule has 1 aromatic carbocycles. The number of benzene rings is 1. The number of hydrogen-bond acceptors (Lipinski definition) is 6. The van der Waals surface area contributed by atoms with Crippen LogP contribution in [0.4, 0.5) is 10.6 Å². The summed E-state index contributed by atoms with van der Waals surface area (Å²) in [5, 5.41) is 8.53. The van der Waals surface area contributed by atoms with E-state index in [4.69, 9.17) is 16.2 Å². The van der Waals surface area contributed by atoms with Crippen molar-refractivity contribution in [2.24, 2.45) is 11.5 Å². The molecule has 7 heteroatoms. The third kappa shape index (κ3) is 3.57. The standard InChI is InChI=1S/C16H19N5O2/c17-11-4-3-9-21(10-11)15-8-7-13(19-20-15)12-5-1-2-6-14(12)23-16(18)22/h1-2,5-8,11H,3-4,9-10,17H2,(H2,18,22). The van der Waals surface area contributed by atoms with E-state index in [0.29, 0.717) is 17.0 Å². The number of nitrogens with two attached hydrogens (primary N) is 2. The predicted octanol–water partition coefficient (Wildman–Crippen LogP) is 1.53. The fourth-order valence-corrected chi connectivity index (χ4v) is 2.73. The van der Waals surface area contributed by atoms with Crippen molar-refractivity contribution >= 4 is 11.9 Å². The summed E-state index contributed by atoms with van der Waals surface area (Å²) in [5.41, 5.74) is 12.4. The molecule has 0 radical (unpaired) electrons. The van der Waals surface area contributed by atoms with Crippen LogP contribution >= 0.6 is 0 Å². The summed E-state index contributed by atoms with van der Waals surface area (Å²) in [4.78, 5) is 13.1. The molecule has 3 rings (SSSR count). The van der Waals surface area contributed by atoms with E-state index < -0.39 is 6.09 Å². The molecule has 2 heterocycles. The molecule has 1 aliphatic heterocycles. The van der Waals surface area contributed by atoms with Crippen molar-refractivity contribution < 1.29 is 9.53 Å². The Labute approximate surface area is 134 Å². The van der Waals surface area contributed by atoms with Gasteiger partial charge in [-0.3, -0.25) is 0 Å². The van der Waals surface area contributed by atoms with Gasteiger partial charge >= 0.3 is 6.09 Å². The van der Waals surface area contributed by atoms with Crippen molar-refractivity contribution in [1.29, 1.82) is 0 Å². The number of amides is 1.